The monoisotopic (exact) mass is 343 g/mol. The van der Waals surface area contributed by atoms with Crippen LogP contribution in [-0.2, 0) is 13.0 Å². The van der Waals surface area contributed by atoms with Crippen LogP contribution < -0.4 is 5.32 Å². The van der Waals surface area contributed by atoms with Gasteiger partial charge in [0.15, 0.2) is 0 Å². The Bertz CT molecular complexity index is 562. The van der Waals surface area contributed by atoms with E-state index in [-0.39, 0.29) is 12.6 Å². The molecule has 1 aliphatic rings. The SMILES string of the molecule is C[C@H](CNC(=O)N(C)CCC(F)(F)F)N1CCc2ccccc2C1. The second-order valence-electron chi connectivity index (χ2n) is 6.31. The Morgan fingerprint density at radius 1 is 1.33 bits per heavy atom. The standard InChI is InChI=1S/C17H24F3N3O/c1-13(11-21-16(24)22(2)10-8-17(18,19)20)23-9-7-14-5-3-4-6-15(14)12-23/h3-6,13H,7-12H2,1-2H3,(H,21,24)/t13-/m1/s1. The fourth-order valence-corrected chi connectivity index (χ4v) is 2.79. The number of rotatable bonds is 5. The normalized spacial score (nSPS) is 16.4. The Hall–Kier alpha value is -1.76. The third kappa shape index (κ3) is 5.40. The number of hydrogen-bond acceptors (Lipinski definition) is 2. The molecule has 0 spiro atoms. The first-order valence-corrected chi connectivity index (χ1v) is 8.13. The lowest BCUT2D eigenvalue weighted by atomic mass is 9.99. The van der Waals surface area contributed by atoms with E-state index in [0.717, 1.165) is 24.4 Å². The number of nitrogens with zero attached hydrogens (tertiary/aromatic N) is 2. The molecule has 1 heterocycles. The lowest BCUT2D eigenvalue weighted by molar-refractivity contribution is -0.136. The maximum absolute atomic E-state index is 12.2. The number of benzene rings is 1. The van der Waals surface area contributed by atoms with E-state index in [1.165, 1.54) is 18.2 Å². The fourth-order valence-electron chi connectivity index (χ4n) is 2.79. The number of halogens is 3. The van der Waals surface area contributed by atoms with Crippen molar-refractivity contribution >= 4 is 6.03 Å². The van der Waals surface area contributed by atoms with Crippen LogP contribution in [0.4, 0.5) is 18.0 Å². The number of fused-ring (bicyclic) bond motifs is 1. The molecule has 0 bridgehead atoms. The topological polar surface area (TPSA) is 35.6 Å². The number of hydrogen-bond donors (Lipinski definition) is 1. The number of amides is 2. The molecule has 2 rings (SSSR count). The van der Waals surface area contributed by atoms with Crippen LogP contribution in [0.1, 0.15) is 24.5 Å². The highest BCUT2D eigenvalue weighted by Crippen LogP contribution is 2.20. The van der Waals surface area contributed by atoms with Gasteiger partial charge < -0.3 is 10.2 Å². The van der Waals surface area contributed by atoms with Crippen LogP contribution in [-0.4, -0.2) is 54.7 Å². The summed E-state index contributed by atoms with van der Waals surface area (Å²) in [5.41, 5.74) is 2.65. The second kappa shape index (κ2) is 7.88. The first-order valence-electron chi connectivity index (χ1n) is 8.13. The number of carbonyl (C=O) groups is 1. The molecule has 1 aromatic rings. The summed E-state index contributed by atoms with van der Waals surface area (Å²) in [5.74, 6) is 0. The molecule has 2 amide bonds. The number of urea groups is 1. The van der Waals surface area contributed by atoms with Gasteiger partial charge in [-0.2, -0.15) is 13.2 Å². The van der Waals surface area contributed by atoms with Crippen molar-refractivity contribution in [2.75, 3.05) is 26.7 Å². The van der Waals surface area contributed by atoms with Crippen LogP contribution in [0, 0.1) is 0 Å². The molecule has 0 saturated carbocycles. The maximum Gasteiger partial charge on any atom is 0.390 e. The molecule has 0 saturated heterocycles. The number of alkyl halides is 3. The van der Waals surface area contributed by atoms with Crippen molar-refractivity contribution in [2.45, 2.75) is 38.5 Å². The van der Waals surface area contributed by atoms with E-state index in [2.05, 4.69) is 22.3 Å². The fraction of sp³-hybridized carbons (Fsp3) is 0.588. The lowest BCUT2D eigenvalue weighted by Gasteiger charge is -2.34. The van der Waals surface area contributed by atoms with Crippen molar-refractivity contribution in [1.29, 1.82) is 0 Å². The van der Waals surface area contributed by atoms with Crippen molar-refractivity contribution in [2.24, 2.45) is 0 Å². The average Bonchev–Trinajstić information content (AvgIpc) is 2.56. The van der Waals surface area contributed by atoms with Gasteiger partial charge in [0.05, 0.1) is 6.42 Å². The number of nitrogens with one attached hydrogen (secondary N) is 1. The molecule has 24 heavy (non-hydrogen) atoms. The van der Waals surface area contributed by atoms with Gasteiger partial charge in [0.2, 0.25) is 0 Å². The molecule has 0 radical (unpaired) electrons. The van der Waals surface area contributed by atoms with Crippen molar-refractivity contribution in [3.8, 4) is 0 Å². The van der Waals surface area contributed by atoms with Crippen LogP contribution >= 0.6 is 0 Å². The maximum atomic E-state index is 12.2. The Labute approximate surface area is 140 Å². The minimum Gasteiger partial charge on any atom is -0.336 e. The van der Waals surface area contributed by atoms with E-state index in [9.17, 15) is 18.0 Å². The summed E-state index contributed by atoms with van der Waals surface area (Å²) in [5, 5.41) is 2.72. The molecule has 1 aliphatic heterocycles. The highest BCUT2D eigenvalue weighted by molar-refractivity contribution is 5.73. The third-order valence-corrected chi connectivity index (χ3v) is 4.41. The molecule has 134 valence electrons. The Balaban J connectivity index is 1.77. The molecule has 1 aromatic carbocycles. The molecular weight excluding hydrogens is 319 g/mol. The minimum atomic E-state index is -4.25. The Kier molecular flexibility index (Phi) is 6.10. The van der Waals surface area contributed by atoms with Crippen molar-refractivity contribution < 1.29 is 18.0 Å². The van der Waals surface area contributed by atoms with Crippen LogP contribution in [0.15, 0.2) is 24.3 Å². The van der Waals surface area contributed by atoms with E-state index in [1.54, 1.807) is 0 Å². The third-order valence-electron chi connectivity index (χ3n) is 4.41. The molecule has 4 nitrogen and oxygen atoms in total. The van der Waals surface area contributed by atoms with Crippen LogP contribution in [0.25, 0.3) is 0 Å². The van der Waals surface area contributed by atoms with Gasteiger partial charge >= 0.3 is 12.2 Å². The molecule has 1 N–H and O–H groups in total. The first kappa shape index (κ1) is 18.6. The zero-order valence-electron chi connectivity index (χ0n) is 14.1. The van der Waals surface area contributed by atoms with Gasteiger partial charge in [0.1, 0.15) is 0 Å². The second-order valence-corrected chi connectivity index (χ2v) is 6.31. The van der Waals surface area contributed by atoms with Crippen molar-refractivity contribution in [3.05, 3.63) is 35.4 Å². The van der Waals surface area contributed by atoms with E-state index < -0.39 is 18.6 Å². The van der Waals surface area contributed by atoms with Crippen molar-refractivity contribution in [3.63, 3.8) is 0 Å². The van der Waals surface area contributed by atoms with Gasteiger partial charge in [-0.05, 0) is 24.5 Å². The lowest BCUT2D eigenvalue weighted by Crippen LogP contribution is -2.47. The van der Waals surface area contributed by atoms with E-state index in [1.807, 2.05) is 19.1 Å². The van der Waals surface area contributed by atoms with Gasteiger partial charge in [-0.15, -0.1) is 0 Å². The minimum absolute atomic E-state index is 0.123. The molecule has 0 aliphatic carbocycles. The largest absolute Gasteiger partial charge is 0.390 e. The summed E-state index contributed by atoms with van der Waals surface area (Å²) in [4.78, 5) is 15.2. The molecule has 0 unspecified atom stereocenters. The van der Waals surface area contributed by atoms with E-state index in [4.69, 9.17) is 0 Å². The number of carbonyl (C=O) groups excluding carboxylic acids is 1. The highest BCUT2D eigenvalue weighted by atomic mass is 19.4. The quantitative estimate of drug-likeness (QED) is 0.892. The summed E-state index contributed by atoms with van der Waals surface area (Å²) in [6, 6.07) is 7.95. The summed E-state index contributed by atoms with van der Waals surface area (Å²) in [7, 11) is 1.38. The van der Waals surface area contributed by atoms with Crippen LogP contribution in [0.5, 0.6) is 0 Å². The smallest absolute Gasteiger partial charge is 0.336 e. The molecule has 7 heteroatoms. The van der Waals surface area contributed by atoms with Gasteiger partial charge in [0, 0.05) is 39.3 Å². The highest BCUT2D eigenvalue weighted by Gasteiger charge is 2.28. The first-order chi connectivity index (χ1) is 11.3. The van der Waals surface area contributed by atoms with Crippen LogP contribution in [0.2, 0.25) is 0 Å². The predicted molar refractivity (Wildman–Crippen MR) is 86.7 cm³/mol. The predicted octanol–water partition coefficient (Wildman–Crippen LogP) is 3.03. The van der Waals surface area contributed by atoms with Gasteiger partial charge in [-0.1, -0.05) is 24.3 Å². The molecular formula is C17H24F3N3O. The molecule has 0 aromatic heterocycles. The average molecular weight is 343 g/mol. The van der Waals surface area contributed by atoms with Gasteiger partial charge in [-0.25, -0.2) is 4.79 Å². The summed E-state index contributed by atoms with van der Waals surface area (Å²) in [6.07, 6.45) is -4.27. The molecule has 1 atom stereocenters. The van der Waals surface area contributed by atoms with Gasteiger partial charge in [-0.3, -0.25) is 4.90 Å². The van der Waals surface area contributed by atoms with E-state index in [0.29, 0.717) is 6.54 Å². The Morgan fingerprint density at radius 2 is 2.00 bits per heavy atom. The molecule has 0 fully saturated rings. The summed E-state index contributed by atoms with van der Waals surface area (Å²) in [6.45, 7) is 3.84. The zero-order valence-corrected chi connectivity index (χ0v) is 14.1. The van der Waals surface area contributed by atoms with E-state index >= 15 is 0 Å². The summed E-state index contributed by atoms with van der Waals surface area (Å²) >= 11 is 0. The van der Waals surface area contributed by atoms with Crippen LogP contribution in [0.3, 0.4) is 0 Å². The zero-order chi connectivity index (χ0) is 17.7. The summed E-state index contributed by atoms with van der Waals surface area (Å²) < 4.78 is 36.6. The van der Waals surface area contributed by atoms with Gasteiger partial charge in [0.25, 0.3) is 0 Å². The Morgan fingerprint density at radius 3 is 2.67 bits per heavy atom. The van der Waals surface area contributed by atoms with Crippen molar-refractivity contribution in [1.82, 2.24) is 15.1 Å².